The third-order valence-electron chi connectivity index (χ3n) is 3.26. The highest BCUT2D eigenvalue weighted by Crippen LogP contribution is 2.27. The van der Waals surface area contributed by atoms with E-state index in [9.17, 15) is 18.0 Å². The molecule has 0 aliphatic carbocycles. The van der Waals surface area contributed by atoms with Gasteiger partial charge in [-0.05, 0) is 37.9 Å². The maximum absolute atomic E-state index is 12.3. The maximum Gasteiger partial charge on any atom is 0.433 e. The molecule has 1 amide bonds. The number of hydrogen-bond acceptors (Lipinski definition) is 3. The Hall–Kier alpha value is -1.05. The van der Waals surface area contributed by atoms with Crippen LogP contribution in [0.25, 0.3) is 0 Å². The van der Waals surface area contributed by atoms with Crippen molar-refractivity contribution in [2.24, 2.45) is 0 Å². The second kappa shape index (κ2) is 9.17. The Morgan fingerprint density at radius 2 is 2.09 bits per heavy atom. The second-order valence-electron chi connectivity index (χ2n) is 4.77. The van der Waals surface area contributed by atoms with E-state index in [1.807, 2.05) is 0 Å². The van der Waals surface area contributed by atoms with Gasteiger partial charge in [-0.2, -0.15) is 13.2 Å². The summed E-state index contributed by atoms with van der Waals surface area (Å²) in [6, 6.07) is 2.37. The van der Waals surface area contributed by atoms with E-state index in [4.69, 9.17) is 0 Å². The fraction of sp³-hybridized carbons (Fsp3) is 0.538. The molecule has 1 aliphatic heterocycles. The Kier molecular flexibility index (Phi) is 8.73. The molecule has 1 aromatic heterocycles. The lowest BCUT2D eigenvalue weighted by Crippen LogP contribution is -2.30. The predicted molar refractivity (Wildman–Crippen MR) is 81.7 cm³/mol. The number of rotatable bonds is 4. The number of hydrogen-bond donors (Lipinski definition) is 2. The summed E-state index contributed by atoms with van der Waals surface area (Å²) in [6.07, 6.45) is -0.478. The van der Waals surface area contributed by atoms with Crippen molar-refractivity contribution in [1.82, 2.24) is 15.6 Å². The van der Waals surface area contributed by atoms with Crippen molar-refractivity contribution in [1.29, 1.82) is 0 Å². The predicted octanol–water partition coefficient (Wildman–Crippen LogP) is 2.82. The summed E-state index contributed by atoms with van der Waals surface area (Å²) in [4.78, 5) is 15.0. The van der Waals surface area contributed by atoms with Crippen LogP contribution in [0, 0.1) is 0 Å². The Labute approximate surface area is 139 Å². The highest BCUT2D eigenvalue weighted by molar-refractivity contribution is 5.93. The molecule has 1 aliphatic rings. The summed E-state index contributed by atoms with van der Waals surface area (Å²) >= 11 is 0. The van der Waals surface area contributed by atoms with E-state index in [2.05, 4.69) is 15.6 Å². The second-order valence-corrected chi connectivity index (χ2v) is 4.77. The number of aromatic nitrogens is 1. The van der Waals surface area contributed by atoms with Gasteiger partial charge in [-0.25, -0.2) is 0 Å². The summed E-state index contributed by atoms with van der Waals surface area (Å²) in [5, 5.41) is 5.99. The van der Waals surface area contributed by atoms with Crippen molar-refractivity contribution >= 4 is 30.7 Å². The van der Waals surface area contributed by atoms with Gasteiger partial charge >= 0.3 is 6.18 Å². The number of amides is 1. The SMILES string of the molecule is Cl.Cl.O=C(NCC[C@H]1CCCN1)c1ccc(C(F)(F)F)nc1. The summed E-state index contributed by atoms with van der Waals surface area (Å²) < 4.78 is 37.0. The monoisotopic (exact) mass is 359 g/mol. The molecule has 9 heteroatoms. The molecule has 1 fully saturated rings. The van der Waals surface area contributed by atoms with Crippen LogP contribution >= 0.6 is 24.8 Å². The lowest BCUT2D eigenvalue weighted by atomic mass is 10.1. The normalized spacial score (nSPS) is 17.3. The number of carbonyl (C=O) groups excluding carboxylic acids is 1. The van der Waals surface area contributed by atoms with E-state index in [0.29, 0.717) is 12.6 Å². The van der Waals surface area contributed by atoms with Gasteiger partial charge in [0.05, 0.1) is 5.56 Å². The third kappa shape index (κ3) is 5.98. The first-order valence-electron chi connectivity index (χ1n) is 6.51. The quantitative estimate of drug-likeness (QED) is 0.868. The van der Waals surface area contributed by atoms with Crippen LogP contribution in [0.3, 0.4) is 0 Å². The third-order valence-corrected chi connectivity index (χ3v) is 3.26. The van der Waals surface area contributed by atoms with Crippen molar-refractivity contribution in [3.63, 3.8) is 0 Å². The molecule has 0 saturated carbocycles. The molecule has 0 unspecified atom stereocenters. The maximum atomic E-state index is 12.3. The van der Waals surface area contributed by atoms with E-state index in [-0.39, 0.29) is 30.4 Å². The van der Waals surface area contributed by atoms with Crippen molar-refractivity contribution in [3.05, 3.63) is 29.6 Å². The van der Waals surface area contributed by atoms with Gasteiger partial charge in [0.15, 0.2) is 0 Å². The van der Waals surface area contributed by atoms with Gasteiger partial charge in [0, 0.05) is 18.8 Å². The number of nitrogens with zero attached hydrogens (tertiary/aromatic N) is 1. The molecule has 4 nitrogen and oxygen atoms in total. The molecule has 2 N–H and O–H groups in total. The molecule has 1 aromatic rings. The van der Waals surface area contributed by atoms with Gasteiger partial charge in [0.25, 0.3) is 5.91 Å². The summed E-state index contributed by atoms with van der Waals surface area (Å²) in [6.45, 7) is 1.50. The minimum atomic E-state index is -4.48. The summed E-state index contributed by atoms with van der Waals surface area (Å²) in [5.74, 6) is -0.399. The average molecular weight is 360 g/mol. The van der Waals surface area contributed by atoms with Crippen LogP contribution < -0.4 is 10.6 Å². The largest absolute Gasteiger partial charge is 0.433 e. The zero-order valence-corrected chi connectivity index (χ0v) is 13.3. The van der Waals surface area contributed by atoms with Crippen molar-refractivity contribution in [3.8, 4) is 0 Å². The lowest BCUT2D eigenvalue weighted by molar-refractivity contribution is -0.141. The van der Waals surface area contributed by atoms with Crippen LogP contribution in [-0.4, -0.2) is 30.0 Å². The van der Waals surface area contributed by atoms with Crippen molar-refractivity contribution in [2.45, 2.75) is 31.5 Å². The lowest BCUT2D eigenvalue weighted by Gasteiger charge is -2.11. The average Bonchev–Trinajstić information content (AvgIpc) is 2.91. The molecule has 2 rings (SSSR count). The number of alkyl halides is 3. The van der Waals surface area contributed by atoms with Crippen molar-refractivity contribution < 1.29 is 18.0 Å². The molecule has 1 saturated heterocycles. The number of pyridine rings is 1. The molecule has 22 heavy (non-hydrogen) atoms. The molecule has 0 bridgehead atoms. The molecule has 126 valence electrons. The molecular weight excluding hydrogens is 342 g/mol. The fourth-order valence-corrected chi connectivity index (χ4v) is 2.16. The van der Waals surface area contributed by atoms with Gasteiger partial charge < -0.3 is 10.6 Å². The highest BCUT2D eigenvalue weighted by Gasteiger charge is 2.32. The van der Waals surface area contributed by atoms with E-state index in [0.717, 1.165) is 44.1 Å². The first-order chi connectivity index (χ1) is 9.47. The van der Waals surface area contributed by atoms with E-state index >= 15 is 0 Å². The molecular formula is C13H18Cl2F3N3O. The van der Waals surface area contributed by atoms with Gasteiger partial charge in [0.1, 0.15) is 5.69 Å². The van der Waals surface area contributed by atoms with Crippen LogP contribution in [0.15, 0.2) is 18.3 Å². The first kappa shape index (κ1) is 20.9. The molecule has 0 spiro atoms. The summed E-state index contributed by atoms with van der Waals surface area (Å²) in [5.41, 5.74) is -0.860. The van der Waals surface area contributed by atoms with Gasteiger partial charge in [0.2, 0.25) is 0 Å². The molecule has 1 atom stereocenters. The smallest absolute Gasteiger partial charge is 0.352 e. The fourth-order valence-electron chi connectivity index (χ4n) is 2.16. The zero-order chi connectivity index (χ0) is 14.6. The Morgan fingerprint density at radius 3 is 2.59 bits per heavy atom. The minimum absolute atomic E-state index is 0. The Balaban J connectivity index is 0.00000220. The summed E-state index contributed by atoms with van der Waals surface area (Å²) in [7, 11) is 0. The minimum Gasteiger partial charge on any atom is -0.352 e. The Morgan fingerprint density at radius 1 is 1.36 bits per heavy atom. The number of nitrogens with one attached hydrogen (secondary N) is 2. The molecule has 0 radical (unpaired) electrons. The zero-order valence-electron chi connectivity index (χ0n) is 11.7. The van der Waals surface area contributed by atoms with Crippen LogP contribution in [0.5, 0.6) is 0 Å². The van der Waals surface area contributed by atoms with Crippen LogP contribution in [0.2, 0.25) is 0 Å². The highest BCUT2D eigenvalue weighted by atomic mass is 35.5. The first-order valence-corrected chi connectivity index (χ1v) is 6.51. The van der Waals surface area contributed by atoms with E-state index < -0.39 is 17.8 Å². The van der Waals surface area contributed by atoms with E-state index in [1.165, 1.54) is 0 Å². The standard InChI is InChI=1S/C13H16F3N3O.2ClH/c14-13(15,16)11-4-3-9(8-19-11)12(20)18-7-5-10-2-1-6-17-10;;/h3-4,8,10,17H,1-2,5-7H2,(H,18,20);2*1H/t10-;;/m1../s1. The topological polar surface area (TPSA) is 54.0 Å². The van der Waals surface area contributed by atoms with Crippen LogP contribution in [-0.2, 0) is 6.18 Å². The number of halogens is 5. The molecule has 2 heterocycles. The molecule has 0 aromatic carbocycles. The number of carbonyl (C=O) groups is 1. The van der Waals surface area contributed by atoms with E-state index in [1.54, 1.807) is 0 Å². The van der Waals surface area contributed by atoms with Crippen LogP contribution in [0.4, 0.5) is 13.2 Å². The van der Waals surface area contributed by atoms with Crippen molar-refractivity contribution in [2.75, 3.05) is 13.1 Å². The van der Waals surface area contributed by atoms with Gasteiger partial charge in [-0.1, -0.05) is 0 Å². The van der Waals surface area contributed by atoms with Gasteiger partial charge in [-0.15, -0.1) is 24.8 Å². The van der Waals surface area contributed by atoms with Gasteiger partial charge in [-0.3, -0.25) is 9.78 Å². The van der Waals surface area contributed by atoms with Crippen LogP contribution in [0.1, 0.15) is 35.3 Å². The Bertz CT molecular complexity index is 463.